The first kappa shape index (κ1) is 9.08. The molecule has 0 aliphatic rings. The Morgan fingerprint density at radius 2 is 2.29 bits per heavy atom. The van der Waals surface area contributed by atoms with Crippen LogP contribution >= 0.6 is 12.9 Å². The normalized spacial score (nSPS) is 12.0. The van der Waals surface area contributed by atoms with E-state index in [1.807, 2.05) is 24.3 Å². The van der Waals surface area contributed by atoms with Crippen molar-refractivity contribution in [3.8, 4) is 0 Å². The van der Waals surface area contributed by atoms with Crippen LogP contribution in [0.3, 0.4) is 0 Å². The van der Waals surface area contributed by atoms with Crippen molar-refractivity contribution in [1.82, 2.24) is 4.98 Å². The van der Waals surface area contributed by atoms with Crippen LogP contribution in [0.15, 0.2) is 33.8 Å². The third kappa shape index (κ3) is 1.58. The monoisotopic (exact) mass is 208 g/mol. The molecular weight excluding hydrogens is 200 g/mol. The van der Waals surface area contributed by atoms with Crippen molar-refractivity contribution in [1.29, 1.82) is 0 Å². The number of benzene rings is 1. The van der Waals surface area contributed by atoms with E-state index in [9.17, 15) is 0 Å². The molecule has 0 aliphatic carbocycles. The van der Waals surface area contributed by atoms with Gasteiger partial charge in [-0.1, -0.05) is 17.3 Å². The summed E-state index contributed by atoms with van der Waals surface area (Å²) in [5, 5.41) is 3.61. The van der Waals surface area contributed by atoms with Crippen LogP contribution < -0.4 is 0 Å². The Labute approximate surface area is 86.2 Å². The van der Waals surface area contributed by atoms with E-state index in [0.717, 1.165) is 11.1 Å². The van der Waals surface area contributed by atoms with Crippen molar-refractivity contribution in [3.05, 3.63) is 30.2 Å². The fraction of sp³-hybridized carbons (Fsp3) is 0.111. The summed E-state index contributed by atoms with van der Waals surface area (Å²) in [5.74, 6) is 0.445. The second-order valence-electron chi connectivity index (χ2n) is 2.75. The zero-order chi connectivity index (χ0) is 9.97. The summed E-state index contributed by atoms with van der Waals surface area (Å²) in [4.78, 5) is 4.22. The first-order chi connectivity index (χ1) is 6.81. The molecular formula is C9H8N2O2S. The highest BCUT2D eigenvalue weighted by Crippen LogP contribution is 2.15. The standard InChI is InChI=1S/C9H8N2O2S/c1-6(11-13-14)9-10-7-4-2-3-5-8(7)12-9/h2-5,14H,1H3/b11-6+. The average molecular weight is 208 g/mol. The predicted octanol–water partition coefficient (Wildman–Crippen LogP) is 2.41. The fourth-order valence-electron chi connectivity index (χ4n) is 1.13. The van der Waals surface area contributed by atoms with Crippen LogP contribution in [-0.4, -0.2) is 10.7 Å². The molecule has 0 saturated carbocycles. The highest BCUT2D eigenvalue weighted by Gasteiger charge is 2.07. The fourth-order valence-corrected chi connectivity index (χ4v) is 1.25. The number of para-hydroxylation sites is 2. The number of thiol groups is 1. The highest BCUT2D eigenvalue weighted by molar-refractivity contribution is 7.75. The summed E-state index contributed by atoms with van der Waals surface area (Å²) in [6, 6.07) is 7.51. The summed E-state index contributed by atoms with van der Waals surface area (Å²) < 4.78 is 9.76. The lowest BCUT2D eigenvalue weighted by Crippen LogP contribution is -1.93. The smallest absolute Gasteiger partial charge is 0.245 e. The molecule has 2 aromatic rings. The van der Waals surface area contributed by atoms with Crippen molar-refractivity contribution in [2.75, 3.05) is 0 Å². The third-order valence-electron chi connectivity index (χ3n) is 1.78. The number of rotatable bonds is 2. The number of aromatic nitrogens is 1. The minimum atomic E-state index is 0.445. The van der Waals surface area contributed by atoms with Gasteiger partial charge in [0.25, 0.3) is 0 Å². The number of hydrogen-bond acceptors (Lipinski definition) is 5. The van der Waals surface area contributed by atoms with E-state index < -0.39 is 0 Å². The molecule has 0 N–H and O–H groups in total. The van der Waals surface area contributed by atoms with Crippen LogP contribution in [0, 0.1) is 0 Å². The van der Waals surface area contributed by atoms with Crippen LogP contribution in [0.25, 0.3) is 11.1 Å². The quantitative estimate of drug-likeness (QED) is 0.357. The first-order valence-electron chi connectivity index (χ1n) is 4.02. The minimum Gasteiger partial charge on any atom is -0.435 e. The summed E-state index contributed by atoms with van der Waals surface area (Å²) in [5.41, 5.74) is 2.09. The van der Waals surface area contributed by atoms with E-state index in [1.54, 1.807) is 6.92 Å². The van der Waals surface area contributed by atoms with Crippen molar-refractivity contribution in [2.45, 2.75) is 6.92 Å². The summed E-state index contributed by atoms with van der Waals surface area (Å²) >= 11 is 3.52. The summed E-state index contributed by atoms with van der Waals surface area (Å²) in [6.45, 7) is 1.74. The van der Waals surface area contributed by atoms with Crippen LogP contribution in [0.5, 0.6) is 0 Å². The largest absolute Gasteiger partial charge is 0.435 e. The Hall–Kier alpha value is -1.49. The van der Waals surface area contributed by atoms with E-state index in [4.69, 9.17) is 4.42 Å². The van der Waals surface area contributed by atoms with Crippen molar-refractivity contribution < 1.29 is 8.70 Å². The van der Waals surface area contributed by atoms with Crippen LogP contribution in [-0.2, 0) is 4.28 Å². The summed E-state index contributed by atoms with van der Waals surface area (Å²) in [7, 11) is 0. The molecule has 72 valence electrons. The first-order valence-corrected chi connectivity index (χ1v) is 4.39. The minimum absolute atomic E-state index is 0.445. The van der Waals surface area contributed by atoms with Gasteiger partial charge in [-0.3, -0.25) is 0 Å². The van der Waals surface area contributed by atoms with Gasteiger partial charge in [0.1, 0.15) is 11.2 Å². The summed E-state index contributed by atoms with van der Waals surface area (Å²) in [6.07, 6.45) is 0. The Balaban J connectivity index is 2.50. The van der Waals surface area contributed by atoms with Gasteiger partial charge in [0, 0.05) is 0 Å². The SMILES string of the molecule is C/C(=N\OS)c1nc2ccccc2o1. The van der Waals surface area contributed by atoms with Crippen molar-refractivity contribution in [2.24, 2.45) is 5.16 Å². The molecule has 0 unspecified atom stereocenters. The van der Waals surface area contributed by atoms with Gasteiger partial charge in [-0.2, -0.15) is 0 Å². The average Bonchev–Trinajstić information content (AvgIpc) is 2.61. The lowest BCUT2D eigenvalue weighted by atomic mass is 10.3. The van der Waals surface area contributed by atoms with E-state index in [2.05, 4.69) is 27.3 Å². The molecule has 0 saturated heterocycles. The Morgan fingerprint density at radius 3 is 3.00 bits per heavy atom. The number of fused-ring (bicyclic) bond motifs is 1. The zero-order valence-corrected chi connectivity index (χ0v) is 8.36. The van der Waals surface area contributed by atoms with Crippen molar-refractivity contribution >= 4 is 29.7 Å². The third-order valence-corrected chi connectivity index (χ3v) is 1.86. The molecule has 0 amide bonds. The van der Waals surface area contributed by atoms with Gasteiger partial charge < -0.3 is 8.70 Å². The second-order valence-corrected chi connectivity index (χ2v) is 2.91. The molecule has 1 heterocycles. The molecule has 5 heteroatoms. The number of hydrogen-bond donors (Lipinski definition) is 1. The molecule has 0 bridgehead atoms. The molecule has 1 aromatic carbocycles. The molecule has 1 aromatic heterocycles. The van der Waals surface area contributed by atoms with Gasteiger partial charge in [-0.05, 0) is 19.1 Å². The molecule has 0 fully saturated rings. The molecule has 0 atom stereocenters. The molecule has 4 nitrogen and oxygen atoms in total. The highest BCUT2D eigenvalue weighted by atomic mass is 32.1. The van der Waals surface area contributed by atoms with E-state index >= 15 is 0 Å². The number of nitrogens with zero attached hydrogens (tertiary/aromatic N) is 2. The molecule has 14 heavy (non-hydrogen) atoms. The van der Waals surface area contributed by atoms with E-state index in [1.165, 1.54) is 0 Å². The van der Waals surface area contributed by atoms with Gasteiger partial charge in [0.05, 0.1) is 12.9 Å². The van der Waals surface area contributed by atoms with Gasteiger partial charge in [-0.25, -0.2) is 4.98 Å². The second kappa shape index (κ2) is 3.71. The number of oxazole rings is 1. The van der Waals surface area contributed by atoms with Gasteiger partial charge in [-0.15, -0.1) is 0 Å². The molecule has 0 spiro atoms. The maximum Gasteiger partial charge on any atom is 0.245 e. The van der Waals surface area contributed by atoms with Crippen LogP contribution in [0.4, 0.5) is 0 Å². The van der Waals surface area contributed by atoms with Crippen molar-refractivity contribution in [3.63, 3.8) is 0 Å². The molecule has 2 rings (SSSR count). The Bertz CT molecular complexity index is 445. The lowest BCUT2D eigenvalue weighted by molar-refractivity contribution is 0.411. The van der Waals surface area contributed by atoms with Crippen LogP contribution in [0.2, 0.25) is 0 Å². The topological polar surface area (TPSA) is 47.6 Å². The Kier molecular flexibility index (Phi) is 2.41. The number of oxime groups is 1. The lowest BCUT2D eigenvalue weighted by Gasteiger charge is -1.89. The van der Waals surface area contributed by atoms with Gasteiger partial charge >= 0.3 is 0 Å². The Morgan fingerprint density at radius 1 is 1.50 bits per heavy atom. The van der Waals surface area contributed by atoms with Crippen LogP contribution in [0.1, 0.15) is 12.8 Å². The maximum absolute atomic E-state index is 5.43. The zero-order valence-electron chi connectivity index (χ0n) is 7.47. The van der Waals surface area contributed by atoms with Gasteiger partial charge in [0.2, 0.25) is 5.89 Å². The van der Waals surface area contributed by atoms with E-state index in [0.29, 0.717) is 11.6 Å². The molecule has 0 aliphatic heterocycles. The predicted molar refractivity (Wildman–Crippen MR) is 56.3 cm³/mol. The van der Waals surface area contributed by atoms with E-state index in [-0.39, 0.29) is 0 Å². The molecule has 0 radical (unpaired) electrons. The maximum atomic E-state index is 5.43. The van der Waals surface area contributed by atoms with Gasteiger partial charge in [0.15, 0.2) is 5.58 Å².